The van der Waals surface area contributed by atoms with Gasteiger partial charge in [0.05, 0.1) is 24.4 Å². The predicted octanol–water partition coefficient (Wildman–Crippen LogP) is 3.06. The molecule has 0 aliphatic rings. The molecule has 0 fully saturated rings. The number of hydrogen-bond acceptors (Lipinski definition) is 3. The SMILES string of the molecule is COCCNC(=O)Cc1c(-c2ccc(F)c(C)c2)nc2ccc(C)cn12. The van der Waals surface area contributed by atoms with Crippen molar-refractivity contribution in [3.63, 3.8) is 0 Å². The summed E-state index contributed by atoms with van der Waals surface area (Å²) in [5.41, 5.74) is 4.64. The van der Waals surface area contributed by atoms with Crippen LogP contribution in [0.15, 0.2) is 36.5 Å². The van der Waals surface area contributed by atoms with Gasteiger partial charge < -0.3 is 14.5 Å². The van der Waals surface area contributed by atoms with Crippen LogP contribution in [-0.4, -0.2) is 35.6 Å². The van der Waals surface area contributed by atoms with Crippen LogP contribution in [0.2, 0.25) is 0 Å². The number of halogens is 1. The summed E-state index contributed by atoms with van der Waals surface area (Å²) in [5.74, 6) is -0.363. The van der Waals surface area contributed by atoms with Crippen molar-refractivity contribution < 1.29 is 13.9 Å². The molecule has 0 bridgehead atoms. The van der Waals surface area contributed by atoms with Gasteiger partial charge in [-0.25, -0.2) is 9.37 Å². The Balaban J connectivity index is 2.04. The molecule has 0 aliphatic carbocycles. The minimum absolute atomic E-state index is 0.106. The summed E-state index contributed by atoms with van der Waals surface area (Å²) >= 11 is 0. The minimum Gasteiger partial charge on any atom is -0.383 e. The zero-order valence-electron chi connectivity index (χ0n) is 15.2. The van der Waals surface area contributed by atoms with Crippen molar-refractivity contribution in [1.29, 1.82) is 0 Å². The molecule has 2 heterocycles. The maximum Gasteiger partial charge on any atom is 0.226 e. The zero-order chi connectivity index (χ0) is 18.7. The van der Waals surface area contributed by atoms with E-state index in [0.717, 1.165) is 22.5 Å². The highest BCUT2D eigenvalue weighted by Gasteiger charge is 2.17. The molecule has 3 aromatic rings. The van der Waals surface area contributed by atoms with Crippen LogP contribution in [0.3, 0.4) is 0 Å². The highest BCUT2D eigenvalue weighted by molar-refractivity contribution is 5.81. The van der Waals surface area contributed by atoms with Gasteiger partial charge in [-0.15, -0.1) is 0 Å². The number of ether oxygens (including phenoxy) is 1. The van der Waals surface area contributed by atoms with Crippen LogP contribution < -0.4 is 5.32 Å². The molecule has 0 saturated heterocycles. The lowest BCUT2D eigenvalue weighted by molar-refractivity contribution is -0.120. The maximum absolute atomic E-state index is 13.7. The fourth-order valence-corrected chi connectivity index (χ4v) is 2.90. The van der Waals surface area contributed by atoms with E-state index in [2.05, 4.69) is 10.3 Å². The number of fused-ring (bicyclic) bond motifs is 1. The van der Waals surface area contributed by atoms with E-state index in [1.165, 1.54) is 6.07 Å². The number of carbonyl (C=O) groups excluding carboxylic acids is 1. The van der Waals surface area contributed by atoms with Gasteiger partial charge >= 0.3 is 0 Å². The van der Waals surface area contributed by atoms with Crippen molar-refractivity contribution in [3.05, 3.63) is 59.2 Å². The molecular weight excluding hydrogens is 333 g/mol. The summed E-state index contributed by atoms with van der Waals surface area (Å²) in [6.45, 7) is 4.62. The largest absolute Gasteiger partial charge is 0.383 e. The quantitative estimate of drug-likeness (QED) is 0.692. The average molecular weight is 355 g/mol. The lowest BCUT2D eigenvalue weighted by atomic mass is 10.1. The molecule has 0 aliphatic heterocycles. The number of carbonyl (C=O) groups is 1. The third kappa shape index (κ3) is 3.75. The van der Waals surface area contributed by atoms with Crippen molar-refractivity contribution in [3.8, 4) is 11.3 Å². The fraction of sp³-hybridized carbons (Fsp3) is 0.300. The highest BCUT2D eigenvalue weighted by Crippen LogP contribution is 2.27. The highest BCUT2D eigenvalue weighted by atomic mass is 19.1. The van der Waals surface area contributed by atoms with Crippen molar-refractivity contribution >= 4 is 11.6 Å². The summed E-state index contributed by atoms with van der Waals surface area (Å²) in [4.78, 5) is 17.0. The predicted molar refractivity (Wildman–Crippen MR) is 98.6 cm³/mol. The minimum atomic E-state index is -0.257. The Kier molecular flexibility index (Phi) is 5.32. The second kappa shape index (κ2) is 7.66. The van der Waals surface area contributed by atoms with Crippen LogP contribution in [0.5, 0.6) is 0 Å². The van der Waals surface area contributed by atoms with E-state index < -0.39 is 0 Å². The summed E-state index contributed by atoms with van der Waals surface area (Å²) in [6.07, 6.45) is 2.14. The standard InChI is InChI=1S/C20H22FN3O2/c1-13-4-7-18-23-20(15-5-6-16(21)14(2)10-15)17(24(18)12-13)11-19(25)22-8-9-26-3/h4-7,10,12H,8-9,11H2,1-3H3,(H,22,25). The molecule has 0 unspecified atom stereocenters. The van der Waals surface area contributed by atoms with Gasteiger partial charge in [-0.2, -0.15) is 0 Å². The van der Waals surface area contributed by atoms with E-state index in [1.54, 1.807) is 26.2 Å². The summed E-state index contributed by atoms with van der Waals surface area (Å²) in [6, 6.07) is 8.79. The first-order valence-electron chi connectivity index (χ1n) is 8.49. The lowest BCUT2D eigenvalue weighted by Crippen LogP contribution is -2.28. The van der Waals surface area contributed by atoms with Gasteiger partial charge in [-0.1, -0.05) is 6.07 Å². The lowest BCUT2D eigenvalue weighted by Gasteiger charge is -2.08. The molecule has 136 valence electrons. The van der Waals surface area contributed by atoms with Crippen molar-refractivity contribution in [2.24, 2.45) is 0 Å². The number of methoxy groups -OCH3 is 1. The Hall–Kier alpha value is -2.73. The molecule has 0 spiro atoms. The van der Waals surface area contributed by atoms with E-state index in [9.17, 15) is 9.18 Å². The number of benzene rings is 1. The molecule has 6 heteroatoms. The molecule has 26 heavy (non-hydrogen) atoms. The normalized spacial score (nSPS) is 11.1. The number of pyridine rings is 1. The Labute approximate surface area is 151 Å². The Bertz CT molecular complexity index is 950. The average Bonchev–Trinajstić information content (AvgIpc) is 2.95. The number of nitrogens with one attached hydrogen (secondary N) is 1. The number of rotatable bonds is 6. The van der Waals surface area contributed by atoms with Gasteiger partial charge in [-0.3, -0.25) is 4.79 Å². The molecule has 1 amide bonds. The number of aryl methyl sites for hydroxylation is 2. The Morgan fingerprint density at radius 1 is 1.27 bits per heavy atom. The van der Waals surface area contributed by atoms with Crippen LogP contribution >= 0.6 is 0 Å². The molecule has 0 atom stereocenters. The van der Waals surface area contributed by atoms with E-state index in [-0.39, 0.29) is 18.1 Å². The van der Waals surface area contributed by atoms with Crippen molar-refractivity contribution in [1.82, 2.24) is 14.7 Å². The third-order valence-corrected chi connectivity index (χ3v) is 4.25. The molecule has 5 nitrogen and oxygen atoms in total. The molecule has 3 rings (SSSR count). The second-order valence-electron chi connectivity index (χ2n) is 6.33. The van der Waals surface area contributed by atoms with Crippen LogP contribution in [0.4, 0.5) is 4.39 Å². The van der Waals surface area contributed by atoms with Gasteiger partial charge in [0.1, 0.15) is 11.5 Å². The summed E-state index contributed by atoms with van der Waals surface area (Å²) in [5, 5.41) is 2.84. The molecule has 0 saturated carbocycles. The first-order valence-corrected chi connectivity index (χ1v) is 8.49. The van der Waals surface area contributed by atoms with Crippen LogP contribution in [0.25, 0.3) is 16.9 Å². The molecule has 1 aromatic carbocycles. The van der Waals surface area contributed by atoms with Crippen LogP contribution in [0, 0.1) is 19.7 Å². The molecular formula is C20H22FN3O2. The second-order valence-corrected chi connectivity index (χ2v) is 6.33. The number of amides is 1. The van der Waals surface area contributed by atoms with Crippen LogP contribution in [0.1, 0.15) is 16.8 Å². The van der Waals surface area contributed by atoms with Crippen molar-refractivity contribution in [2.75, 3.05) is 20.3 Å². The third-order valence-electron chi connectivity index (χ3n) is 4.25. The molecule has 2 aromatic heterocycles. The van der Waals surface area contributed by atoms with E-state index in [4.69, 9.17) is 4.74 Å². The molecule has 0 radical (unpaired) electrons. The van der Waals surface area contributed by atoms with E-state index in [1.807, 2.05) is 29.7 Å². The number of hydrogen-bond donors (Lipinski definition) is 1. The van der Waals surface area contributed by atoms with E-state index in [0.29, 0.717) is 24.4 Å². The van der Waals surface area contributed by atoms with Gasteiger partial charge in [-0.05, 0) is 49.2 Å². The van der Waals surface area contributed by atoms with Crippen LogP contribution in [-0.2, 0) is 16.0 Å². The molecule has 1 N–H and O–H groups in total. The van der Waals surface area contributed by atoms with Gasteiger partial charge in [0.15, 0.2) is 0 Å². The first kappa shape index (κ1) is 18.1. The summed E-state index contributed by atoms with van der Waals surface area (Å²) < 4.78 is 20.5. The monoisotopic (exact) mass is 355 g/mol. The van der Waals surface area contributed by atoms with Gasteiger partial charge in [0.2, 0.25) is 5.91 Å². The number of nitrogens with zero attached hydrogens (tertiary/aromatic N) is 2. The Morgan fingerprint density at radius 3 is 2.81 bits per heavy atom. The zero-order valence-corrected chi connectivity index (χ0v) is 15.2. The number of imidazole rings is 1. The smallest absolute Gasteiger partial charge is 0.226 e. The Morgan fingerprint density at radius 2 is 2.08 bits per heavy atom. The van der Waals surface area contributed by atoms with Gasteiger partial charge in [0, 0.05) is 25.4 Å². The number of aromatic nitrogens is 2. The van der Waals surface area contributed by atoms with Gasteiger partial charge in [0.25, 0.3) is 0 Å². The first-order chi connectivity index (χ1) is 12.5. The maximum atomic E-state index is 13.7. The topological polar surface area (TPSA) is 55.6 Å². The fourth-order valence-electron chi connectivity index (χ4n) is 2.90. The summed E-state index contributed by atoms with van der Waals surface area (Å²) in [7, 11) is 1.59. The van der Waals surface area contributed by atoms with Crippen molar-refractivity contribution in [2.45, 2.75) is 20.3 Å². The van der Waals surface area contributed by atoms with E-state index >= 15 is 0 Å².